The lowest BCUT2D eigenvalue weighted by molar-refractivity contribution is 0.661. The lowest BCUT2D eigenvalue weighted by Crippen LogP contribution is -2.15. The highest BCUT2D eigenvalue weighted by atomic mass is 15.0. The lowest BCUT2D eigenvalue weighted by atomic mass is 9.82. The Balaban J connectivity index is 1.15. The van der Waals surface area contributed by atoms with Crippen LogP contribution in [0.1, 0.15) is 25.0 Å². The first-order chi connectivity index (χ1) is 28.0. The normalized spacial score (nSPS) is 13.2. The molecule has 0 saturated carbocycles. The second-order valence-electron chi connectivity index (χ2n) is 16.1. The fourth-order valence-corrected chi connectivity index (χ4v) is 10.0. The van der Waals surface area contributed by atoms with Crippen LogP contribution in [0.25, 0.3) is 99.1 Å². The number of rotatable bonds is 4. The molecule has 0 saturated heterocycles. The minimum absolute atomic E-state index is 0.115. The van der Waals surface area contributed by atoms with E-state index >= 15 is 0 Å². The monoisotopic (exact) mass is 726 g/mol. The van der Waals surface area contributed by atoms with Gasteiger partial charge in [-0.05, 0) is 104 Å². The fraction of sp³-hybridized carbons (Fsp3) is 0.0545. The highest BCUT2D eigenvalue weighted by Crippen LogP contribution is 2.51. The summed E-state index contributed by atoms with van der Waals surface area (Å²) in [5.41, 5.74) is 17.4. The molecule has 0 N–H and O–H groups in total. The van der Waals surface area contributed by atoms with E-state index in [1.54, 1.807) is 0 Å². The number of benzene rings is 9. The van der Waals surface area contributed by atoms with Crippen LogP contribution < -0.4 is 0 Å². The van der Waals surface area contributed by atoms with Crippen molar-refractivity contribution in [1.82, 2.24) is 9.13 Å². The molecule has 0 amide bonds. The molecule has 2 heterocycles. The van der Waals surface area contributed by atoms with Crippen molar-refractivity contribution in [2.24, 2.45) is 0 Å². The Labute approximate surface area is 331 Å². The quantitative estimate of drug-likeness (QED) is 0.171. The number of aromatic nitrogens is 2. The van der Waals surface area contributed by atoms with Gasteiger partial charge in [-0.2, -0.15) is 0 Å². The molecule has 2 heteroatoms. The second kappa shape index (κ2) is 11.9. The predicted molar refractivity (Wildman–Crippen MR) is 241 cm³/mol. The molecular weight excluding hydrogens is 689 g/mol. The van der Waals surface area contributed by atoms with Gasteiger partial charge in [0.2, 0.25) is 0 Å². The molecule has 1 aliphatic carbocycles. The van der Waals surface area contributed by atoms with Crippen LogP contribution in [0, 0.1) is 0 Å². The third-order valence-corrected chi connectivity index (χ3v) is 12.7. The molecule has 0 fully saturated rings. The molecule has 0 radical (unpaired) electrons. The maximum Gasteiger partial charge on any atom is 0.0546 e. The van der Waals surface area contributed by atoms with Gasteiger partial charge in [-0.3, -0.25) is 0 Å². The van der Waals surface area contributed by atoms with E-state index < -0.39 is 0 Å². The zero-order valence-electron chi connectivity index (χ0n) is 31.9. The van der Waals surface area contributed by atoms with E-state index in [-0.39, 0.29) is 5.41 Å². The van der Waals surface area contributed by atoms with Gasteiger partial charge in [-0.1, -0.05) is 153 Å². The smallest absolute Gasteiger partial charge is 0.0546 e. The van der Waals surface area contributed by atoms with Gasteiger partial charge in [0.05, 0.1) is 27.8 Å². The molecule has 9 aromatic carbocycles. The summed E-state index contributed by atoms with van der Waals surface area (Å²) in [6.45, 7) is 4.76. The van der Waals surface area contributed by atoms with Crippen molar-refractivity contribution in [2.45, 2.75) is 19.3 Å². The topological polar surface area (TPSA) is 9.86 Å². The van der Waals surface area contributed by atoms with E-state index in [1.807, 2.05) is 0 Å². The van der Waals surface area contributed by atoms with Crippen molar-refractivity contribution in [1.29, 1.82) is 0 Å². The minimum Gasteiger partial charge on any atom is -0.309 e. The summed E-state index contributed by atoms with van der Waals surface area (Å²) in [5.74, 6) is 0. The Kier molecular flexibility index (Phi) is 6.72. The van der Waals surface area contributed by atoms with E-state index in [9.17, 15) is 0 Å². The molecule has 0 bridgehead atoms. The maximum atomic E-state index is 2.55. The maximum absolute atomic E-state index is 2.55. The van der Waals surface area contributed by atoms with Gasteiger partial charge in [0.15, 0.2) is 0 Å². The first kappa shape index (κ1) is 32.1. The van der Waals surface area contributed by atoms with Gasteiger partial charge in [0.25, 0.3) is 0 Å². The Bertz CT molecular complexity index is 3420. The molecule has 2 aromatic heterocycles. The second-order valence-corrected chi connectivity index (χ2v) is 16.1. The Hall–Kier alpha value is -7.16. The molecule has 0 aliphatic heterocycles. The molecule has 57 heavy (non-hydrogen) atoms. The van der Waals surface area contributed by atoms with Crippen molar-refractivity contribution >= 4 is 54.4 Å². The first-order valence-corrected chi connectivity index (χ1v) is 19.9. The van der Waals surface area contributed by atoms with Crippen LogP contribution in [-0.4, -0.2) is 9.13 Å². The summed E-state index contributed by atoms with van der Waals surface area (Å²) in [4.78, 5) is 0. The van der Waals surface area contributed by atoms with E-state index in [4.69, 9.17) is 0 Å². The standard InChI is InChI=1S/C55H38N2/c1-55(2)48-24-11-8-20-41(48)45-33-47-43-22-10-13-26-51(43)57(54(47)34-49(45)55)53-32-37(27-29-44(53)40-23-14-16-35-15-6-7-19-39(35)40)36-28-30-52-46(31-36)42-21-9-12-25-50(42)56(52)38-17-4-3-5-18-38/h3-34H,1-2H3. The molecule has 0 atom stereocenters. The Morgan fingerprint density at radius 3 is 1.75 bits per heavy atom. The van der Waals surface area contributed by atoms with Crippen molar-refractivity contribution < 1.29 is 0 Å². The van der Waals surface area contributed by atoms with Crippen molar-refractivity contribution in [3.05, 3.63) is 205 Å². The predicted octanol–water partition coefficient (Wildman–Crippen LogP) is 14.7. The van der Waals surface area contributed by atoms with Crippen molar-refractivity contribution in [3.8, 4) is 44.8 Å². The SMILES string of the molecule is CC1(C)c2ccccc2-c2cc3c4ccccc4n(-c4cc(-c5ccc6c(c5)c5ccccc5n6-c5ccccc5)ccc4-c4cccc5ccccc45)c3cc21. The molecule has 12 rings (SSSR count). The largest absolute Gasteiger partial charge is 0.309 e. The van der Waals surface area contributed by atoms with Crippen LogP contribution >= 0.6 is 0 Å². The summed E-state index contributed by atoms with van der Waals surface area (Å²) in [6.07, 6.45) is 0. The number of fused-ring (bicyclic) bond motifs is 10. The Morgan fingerprint density at radius 1 is 0.333 bits per heavy atom. The number of hydrogen-bond donors (Lipinski definition) is 0. The van der Waals surface area contributed by atoms with Crippen LogP contribution in [-0.2, 0) is 5.41 Å². The summed E-state index contributed by atoms with van der Waals surface area (Å²) < 4.78 is 4.93. The number of hydrogen-bond acceptors (Lipinski definition) is 0. The molecule has 0 unspecified atom stereocenters. The molecular formula is C55H38N2. The van der Waals surface area contributed by atoms with Crippen molar-refractivity contribution in [3.63, 3.8) is 0 Å². The van der Waals surface area contributed by atoms with Gasteiger partial charge in [-0.25, -0.2) is 0 Å². The minimum atomic E-state index is -0.115. The van der Waals surface area contributed by atoms with Gasteiger partial charge >= 0.3 is 0 Å². The van der Waals surface area contributed by atoms with Crippen LogP contribution in [0.2, 0.25) is 0 Å². The van der Waals surface area contributed by atoms with E-state index in [0.29, 0.717) is 0 Å². The lowest BCUT2D eigenvalue weighted by Gasteiger charge is -2.22. The van der Waals surface area contributed by atoms with Gasteiger partial charge in [0, 0.05) is 38.2 Å². The van der Waals surface area contributed by atoms with Crippen LogP contribution in [0.4, 0.5) is 0 Å². The molecule has 2 nitrogen and oxygen atoms in total. The summed E-state index contributed by atoms with van der Waals surface area (Å²) in [6, 6.07) is 72.0. The van der Waals surface area contributed by atoms with E-state index in [1.165, 1.54) is 110 Å². The van der Waals surface area contributed by atoms with Crippen LogP contribution in [0.5, 0.6) is 0 Å². The fourth-order valence-electron chi connectivity index (χ4n) is 10.0. The van der Waals surface area contributed by atoms with Crippen LogP contribution in [0.3, 0.4) is 0 Å². The van der Waals surface area contributed by atoms with Crippen LogP contribution in [0.15, 0.2) is 194 Å². The third kappa shape index (κ3) is 4.59. The summed E-state index contributed by atoms with van der Waals surface area (Å²) in [7, 11) is 0. The number of nitrogens with zero attached hydrogens (tertiary/aromatic N) is 2. The third-order valence-electron chi connectivity index (χ3n) is 12.7. The number of para-hydroxylation sites is 3. The van der Waals surface area contributed by atoms with Gasteiger partial charge in [-0.15, -0.1) is 0 Å². The van der Waals surface area contributed by atoms with Gasteiger partial charge < -0.3 is 9.13 Å². The van der Waals surface area contributed by atoms with E-state index in [2.05, 4.69) is 217 Å². The summed E-state index contributed by atoms with van der Waals surface area (Å²) >= 11 is 0. The van der Waals surface area contributed by atoms with E-state index in [0.717, 1.165) is 0 Å². The highest BCUT2D eigenvalue weighted by molar-refractivity contribution is 6.13. The Morgan fingerprint density at radius 2 is 0.930 bits per heavy atom. The first-order valence-electron chi connectivity index (χ1n) is 19.9. The highest BCUT2D eigenvalue weighted by Gasteiger charge is 2.36. The van der Waals surface area contributed by atoms with Gasteiger partial charge in [0.1, 0.15) is 0 Å². The average Bonchev–Trinajstić information content (AvgIpc) is 3.85. The molecule has 268 valence electrons. The molecule has 11 aromatic rings. The zero-order chi connectivity index (χ0) is 37.8. The summed E-state index contributed by atoms with van der Waals surface area (Å²) in [5, 5.41) is 7.54. The average molecular weight is 727 g/mol. The molecule has 1 aliphatic rings. The zero-order valence-corrected chi connectivity index (χ0v) is 31.9. The molecule has 0 spiro atoms. The van der Waals surface area contributed by atoms with Crippen molar-refractivity contribution in [2.75, 3.05) is 0 Å².